The van der Waals surface area contributed by atoms with Crippen LogP contribution in [-0.2, 0) is 5.41 Å². The van der Waals surface area contributed by atoms with E-state index < -0.39 is 36.3 Å². The fourth-order valence-electron chi connectivity index (χ4n) is 10.7. The molecule has 6 atom stereocenters. The van der Waals surface area contributed by atoms with Crippen LogP contribution in [0.4, 0.5) is 11.4 Å². The molecule has 1 aliphatic heterocycles. The van der Waals surface area contributed by atoms with Crippen LogP contribution in [0.1, 0.15) is 60.3 Å². The van der Waals surface area contributed by atoms with E-state index in [0.29, 0.717) is 46.8 Å². The average Bonchev–Trinajstić information content (AvgIpc) is 4.10. The van der Waals surface area contributed by atoms with Gasteiger partial charge in [-0.1, -0.05) is 138 Å². The van der Waals surface area contributed by atoms with Crippen molar-refractivity contribution >= 4 is 33.2 Å². The number of ether oxygens (including phenoxy) is 1. The van der Waals surface area contributed by atoms with Gasteiger partial charge in [0.05, 0.1) is 49.2 Å². The monoisotopic (exact) mass is 794 g/mol. The van der Waals surface area contributed by atoms with Crippen molar-refractivity contribution in [2.24, 2.45) is 23.7 Å². The molecule has 3 fully saturated rings. The number of rotatable bonds is 7. The molecule has 8 aromatic rings. The molecule has 5 heteroatoms. The van der Waals surface area contributed by atoms with Crippen molar-refractivity contribution in [2.75, 3.05) is 16.5 Å². The maximum absolute atomic E-state index is 9.15. The molecule has 0 spiro atoms. The number of aromatic nitrogens is 2. The van der Waals surface area contributed by atoms with Crippen LogP contribution in [0.3, 0.4) is 0 Å². The van der Waals surface area contributed by atoms with Crippen molar-refractivity contribution in [1.29, 1.82) is 0 Å². The van der Waals surface area contributed by atoms with Gasteiger partial charge in [-0.3, -0.25) is 4.57 Å². The summed E-state index contributed by atoms with van der Waals surface area (Å²) in [6.45, 7) is 11.5. The number of nitrogens with zero attached hydrogens (tertiary/aromatic N) is 4. The van der Waals surface area contributed by atoms with Crippen LogP contribution >= 0.6 is 0 Å². The molecule has 3 heterocycles. The molecule has 1 saturated heterocycles. The summed E-state index contributed by atoms with van der Waals surface area (Å²) in [6, 6.07) is 27.2. The number of fused-ring (bicyclic) bond motifs is 8. The van der Waals surface area contributed by atoms with Crippen molar-refractivity contribution in [3.63, 3.8) is 0 Å². The SMILES string of the molecule is [2H]c1c([2H])c([2H])c(-c2cccc(-c3c([2H])c([2H])c([2H])c([2H])c3[2H])c2N2CN(c3cccc(Oc4ccc5c6ccccc6n(-c6cc(C(C)(C)C)ccn6)c5c4)c3)[C@@H]3C2C2C[C@H]3C(C)C2C)c([2H])c1[2H]. The molecule has 2 aliphatic carbocycles. The van der Waals surface area contributed by atoms with Crippen LogP contribution in [0.5, 0.6) is 11.5 Å². The Kier molecular flexibility index (Phi) is 6.47. The molecule has 6 aromatic carbocycles. The fourth-order valence-corrected chi connectivity index (χ4v) is 10.7. The molecule has 0 radical (unpaired) electrons. The van der Waals surface area contributed by atoms with Gasteiger partial charge in [-0.25, -0.2) is 4.98 Å². The summed E-state index contributed by atoms with van der Waals surface area (Å²) in [7, 11) is 0. The van der Waals surface area contributed by atoms with Crippen molar-refractivity contribution in [3.8, 4) is 39.6 Å². The summed E-state index contributed by atoms with van der Waals surface area (Å²) < 4.78 is 97.1. The largest absolute Gasteiger partial charge is 0.457 e. The molecule has 2 bridgehead atoms. The van der Waals surface area contributed by atoms with Gasteiger partial charge in [0, 0.05) is 45.9 Å². The lowest BCUT2D eigenvalue weighted by Gasteiger charge is -2.40. The Bertz CT molecular complexity index is 3330. The Morgan fingerprint density at radius 3 is 1.97 bits per heavy atom. The molecule has 3 aliphatic rings. The summed E-state index contributed by atoms with van der Waals surface area (Å²) in [5, 5.41) is 2.19. The van der Waals surface area contributed by atoms with Crippen molar-refractivity contribution in [2.45, 2.75) is 58.5 Å². The first kappa shape index (κ1) is 27.4. The van der Waals surface area contributed by atoms with Gasteiger partial charge in [0.25, 0.3) is 0 Å². The third-order valence-corrected chi connectivity index (χ3v) is 13.7. The predicted octanol–water partition coefficient (Wildman–Crippen LogP) is 13.5. The highest BCUT2D eigenvalue weighted by Gasteiger charge is 2.62. The number of anilines is 2. The van der Waals surface area contributed by atoms with Gasteiger partial charge in [0.2, 0.25) is 0 Å². The molecule has 4 unspecified atom stereocenters. The van der Waals surface area contributed by atoms with Crippen LogP contribution in [0.25, 0.3) is 49.9 Å². The minimum Gasteiger partial charge on any atom is -0.457 e. The van der Waals surface area contributed by atoms with E-state index in [4.69, 9.17) is 23.4 Å². The average molecular weight is 795 g/mol. The second-order valence-corrected chi connectivity index (χ2v) is 17.8. The first-order valence-corrected chi connectivity index (χ1v) is 21.0. The lowest BCUT2D eigenvalue weighted by atomic mass is 9.75. The normalized spacial score (nSPS) is 24.6. The van der Waals surface area contributed by atoms with Crippen LogP contribution < -0.4 is 14.5 Å². The number of hydrogen-bond donors (Lipinski definition) is 0. The van der Waals surface area contributed by atoms with Crippen LogP contribution in [-0.4, -0.2) is 28.3 Å². The second kappa shape index (κ2) is 14.2. The van der Waals surface area contributed by atoms with Gasteiger partial charge < -0.3 is 14.5 Å². The van der Waals surface area contributed by atoms with E-state index in [2.05, 4.69) is 91.5 Å². The number of hydrogen-bond acceptors (Lipinski definition) is 4. The van der Waals surface area contributed by atoms with E-state index in [1.54, 1.807) is 18.2 Å². The number of para-hydroxylation sites is 2. The van der Waals surface area contributed by atoms with E-state index in [9.17, 15) is 0 Å². The molecule has 60 heavy (non-hydrogen) atoms. The van der Waals surface area contributed by atoms with Gasteiger partial charge in [0.15, 0.2) is 0 Å². The molecule has 2 saturated carbocycles. The summed E-state index contributed by atoms with van der Waals surface area (Å²) in [6.07, 6.45) is 2.82. The van der Waals surface area contributed by atoms with Gasteiger partial charge in [-0.2, -0.15) is 0 Å². The van der Waals surface area contributed by atoms with E-state index in [0.717, 1.165) is 39.7 Å². The van der Waals surface area contributed by atoms with E-state index >= 15 is 0 Å². The van der Waals surface area contributed by atoms with Crippen LogP contribution in [0.15, 0.2) is 164 Å². The fraction of sp³-hybridized carbons (Fsp3) is 0.255. The second-order valence-electron chi connectivity index (χ2n) is 17.8. The van der Waals surface area contributed by atoms with Crippen molar-refractivity contribution in [1.82, 2.24) is 9.55 Å². The van der Waals surface area contributed by atoms with Gasteiger partial charge in [-0.05, 0) is 94.7 Å². The zero-order valence-electron chi connectivity index (χ0n) is 44.4. The maximum atomic E-state index is 9.15. The van der Waals surface area contributed by atoms with E-state index in [-0.39, 0.29) is 64.6 Å². The smallest absolute Gasteiger partial charge is 0.137 e. The highest BCUT2D eigenvalue weighted by Crippen LogP contribution is 2.60. The number of benzene rings is 6. The molecule has 2 aromatic heterocycles. The molecular formula is C55H52N4O. The zero-order valence-corrected chi connectivity index (χ0v) is 34.4. The summed E-state index contributed by atoms with van der Waals surface area (Å²) in [4.78, 5) is 9.46. The Morgan fingerprint density at radius 2 is 1.27 bits per heavy atom. The van der Waals surface area contributed by atoms with Gasteiger partial charge in [0.1, 0.15) is 17.3 Å². The molecule has 11 rings (SSSR count). The summed E-state index contributed by atoms with van der Waals surface area (Å²) in [5.74, 6) is 3.31. The summed E-state index contributed by atoms with van der Waals surface area (Å²) in [5.41, 5.74) is 5.11. The first-order chi connectivity index (χ1) is 33.4. The highest BCUT2D eigenvalue weighted by molar-refractivity contribution is 6.09. The minimum absolute atomic E-state index is 0.0149. The highest BCUT2D eigenvalue weighted by atomic mass is 16.5. The third kappa shape index (κ3) is 5.92. The Hall–Kier alpha value is -6.33. The minimum atomic E-state index is -0.516. The Labute approximate surface area is 367 Å². The van der Waals surface area contributed by atoms with Crippen molar-refractivity contribution < 1.29 is 18.4 Å². The van der Waals surface area contributed by atoms with E-state index in [1.807, 2.05) is 42.6 Å². The van der Waals surface area contributed by atoms with E-state index in [1.165, 1.54) is 5.56 Å². The Morgan fingerprint density at radius 1 is 0.633 bits per heavy atom. The summed E-state index contributed by atoms with van der Waals surface area (Å²) >= 11 is 0. The maximum Gasteiger partial charge on any atom is 0.137 e. The van der Waals surface area contributed by atoms with Gasteiger partial charge in [-0.15, -0.1) is 0 Å². The lowest BCUT2D eigenvalue weighted by Crippen LogP contribution is -2.47. The van der Waals surface area contributed by atoms with Gasteiger partial charge >= 0.3 is 0 Å². The zero-order chi connectivity index (χ0) is 49.4. The molecule has 0 N–H and O–H groups in total. The molecule has 5 nitrogen and oxygen atoms in total. The topological polar surface area (TPSA) is 33.5 Å². The quantitative estimate of drug-likeness (QED) is 0.161. The van der Waals surface area contributed by atoms with Crippen LogP contribution in [0.2, 0.25) is 0 Å². The predicted molar refractivity (Wildman–Crippen MR) is 248 cm³/mol. The molecule has 0 amide bonds. The number of pyridine rings is 1. The standard InChI is InChI=1S/C55H52N4O/c1-35-36(2)48-33-47(35)53-54(48)58(52-43(37-16-8-6-9-17-37)23-15-24-44(52)38-18-10-7-11-19-38)34-57(53)40-20-14-21-41(31-40)60-42-26-27-46-45-22-12-13-25-49(45)59(50(46)32-42)51-30-39(28-29-56-51)55(3,4)5/h6-32,35-36,47-48,53-54H,33-34H2,1-5H3/t35?,36?,47-,48?,53-,54?/m0/s1/i6D,7D,8D,9D,10D,11D,16D,17D,18D,19D. The molecule has 298 valence electrons. The van der Waals surface area contributed by atoms with Crippen LogP contribution in [0, 0.1) is 23.7 Å². The van der Waals surface area contributed by atoms with Crippen molar-refractivity contribution in [3.05, 3.63) is 169 Å². The molecular weight excluding hydrogens is 733 g/mol. The first-order valence-electron chi connectivity index (χ1n) is 26.0. The third-order valence-electron chi connectivity index (χ3n) is 13.7. The Balaban J connectivity index is 1.05. The lowest BCUT2D eigenvalue weighted by molar-refractivity contribution is 0.220.